The molecule has 0 heterocycles. The third kappa shape index (κ3) is 7.93. The maximum atomic E-state index is 11.8. The molecule has 4 N–H and O–H groups in total. The Morgan fingerprint density at radius 2 is 1.79 bits per heavy atom. The molecule has 0 saturated carbocycles. The molecule has 0 saturated heterocycles. The maximum Gasteiger partial charge on any atom is 0.268 e. The number of rotatable bonds is 9. The number of thioether (sulfide) groups is 2. The zero-order valence-corrected chi connectivity index (χ0v) is 13.4. The number of hydrogen-bond donors (Lipinski definition) is 3. The molecular formula is C10H20N2O4S3. The zero-order chi connectivity index (χ0) is 14.8. The Kier molecular flexibility index (Phi) is 10.6. The summed E-state index contributed by atoms with van der Waals surface area (Å²) in [6, 6.07) is -1.66. The summed E-state index contributed by atoms with van der Waals surface area (Å²) in [6.07, 6.45) is 4.57. The predicted octanol–water partition coefficient (Wildman–Crippen LogP) is 0.0530. The highest BCUT2D eigenvalue weighted by molar-refractivity contribution is 7.98. The molecule has 3 atom stereocenters. The zero-order valence-electron chi connectivity index (χ0n) is 11.0. The average molecular weight is 328 g/mol. The summed E-state index contributed by atoms with van der Waals surface area (Å²) in [5.41, 5.74) is 5.68. The number of carbonyl (C=O) groups excluding carboxylic acids is 2. The third-order valence-electron chi connectivity index (χ3n) is 2.35. The molecule has 0 rings (SSSR count). The maximum absolute atomic E-state index is 11.8. The van der Waals surface area contributed by atoms with Crippen molar-refractivity contribution in [3.05, 3.63) is 0 Å². The Balaban J connectivity index is 4.49. The van der Waals surface area contributed by atoms with E-state index in [9.17, 15) is 13.8 Å². The first kappa shape index (κ1) is 18.9. The molecule has 112 valence electrons. The highest BCUT2D eigenvalue weighted by Crippen LogP contribution is 2.05. The van der Waals surface area contributed by atoms with Crippen molar-refractivity contribution in [1.29, 1.82) is 0 Å². The summed E-state index contributed by atoms with van der Waals surface area (Å²) < 4.78 is 19.6. The van der Waals surface area contributed by atoms with Crippen molar-refractivity contribution in [3.8, 4) is 0 Å². The van der Waals surface area contributed by atoms with E-state index in [1.54, 1.807) is 11.8 Å². The van der Waals surface area contributed by atoms with Crippen LogP contribution >= 0.6 is 23.5 Å². The van der Waals surface area contributed by atoms with Crippen LogP contribution in [0, 0.1) is 0 Å². The highest BCUT2D eigenvalue weighted by Gasteiger charge is 2.26. The normalized spacial score (nSPS) is 15.6. The number of hydrogen-bond acceptors (Lipinski definition) is 6. The fraction of sp³-hybridized carbons (Fsp3) is 0.800. The standard InChI is InChI=1S/C10H20N2O4S3/c1-17-5-3-7(11)9(13)12-8(4-6-18-2)10(14)19(15)16/h7-8H,3-6,11H2,1-2H3,(H,12,13)(H,15,16)/t7-,8-/m0/s1. The topological polar surface area (TPSA) is 109 Å². The smallest absolute Gasteiger partial charge is 0.268 e. The molecule has 0 radical (unpaired) electrons. The molecule has 0 aliphatic heterocycles. The monoisotopic (exact) mass is 328 g/mol. The Morgan fingerprint density at radius 3 is 2.26 bits per heavy atom. The lowest BCUT2D eigenvalue weighted by atomic mass is 10.2. The molecular weight excluding hydrogens is 308 g/mol. The Labute approximate surface area is 124 Å². The second-order valence-electron chi connectivity index (χ2n) is 3.80. The van der Waals surface area contributed by atoms with Crippen LogP contribution < -0.4 is 11.1 Å². The van der Waals surface area contributed by atoms with Gasteiger partial charge >= 0.3 is 0 Å². The van der Waals surface area contributed by atoms with Crippen LogP contribution in [-0.4, -0.2) is 55.9 Å². The van der Waals surface area contributed by atoms with Gasteiger partial charge in [0.1, 0.15) is 6.04 Å². The minimum absolute atomic E-state index is 0.313. The van der Waals surface area contributed by atoms with E-state index < -0.39 is 34.2 Å². The highest BCUT2D eigenvalue weighted by atomic mass is 32.2. The summed E-state index contributed by atoms with van der Waals surface area (Å²) in [5, 5.41) is 1.56. The van der Waals surface area contributed by atoms with E-state index >= 15 is 0 Å². The first-order valence-corrected chi connectivity index (χ1v) is 9.52. The molecule has 0 bridgehead atoms. The van der Waals surface area contributed by atoms with Gasteiger partial charge in [-0.1, -0.05) is 0 Å². The molecule has 0 aromatic rings. The van der Waals surface area contributed by atoms with Gasteiger partial charge in [0.05, 0.1) is 6.04 Å². The molecule has 0 aromatic heterocycles. The van der Waals surface area contributed by atoms with Gasteiger partial charge in [-0.05, 0) is 36.9 Å². The van der Waals surface area contributed by atoms with Crippen LogP contribution in [0.25, 0.3) is 0 Å². The summed E-state index contributed by atoms with van der Waals surface area (Å²) in [4.78, 5) is 23.3. The van der Waals surface area contributed by atoms with Gasteiger partial charge in [0.15, 0.2) is 0 Å². The molecule has 0 spiro atoms. The summed E-state index contributed by atoms with van der Waals surface area (Å²) in [5.74, 6) is 0.886. The van der Waals surface area contributed by atoms with Gasteiger partial charge < -0.3 is 11.1 Å². The number of amides is 1. The van der Waals surface area contributed by atoms with Crippen LogP contribution in [0.3, 0.4) is 0 Å². The van der Waals surface area contributed by atoms with Crippen molar-refractivity contribution in [2.45, 2.75) is 24.9 Å². The molecule has 0 aliphatic rings. The SMILES string of the molecule is CSCC[C@H](NC(=O)[C@@H](N)CCSC)C(=O)S(=O)O. The van der Waals surface area contributed by atoms with E-state index in [1.165, 1.54) is 11.8 Å². The van der Waals surface area contributed by atoms with E-state index in [0.717, 1.165) is 5.75 Å². The van der Waals surface area contributed by atoms with E-state index in [1.807, 2.05) is 12.5 Å². The van der Waals surface area contributed by atoms with E-state index in [4.69, 9.17) is 10.3 Å². The van der Waals surface area contributed by atoms with Gasteiger partial charge in [-0.15, -0.1) is 0 Å². The van der Waals surface area contributed by atoms with Crippen LogP contribution in [0.4, 0.5) is 0 Å². The molecule has 1 unspecified atom stereocenters. The van der Waals surface area contributed by atoms with Crippen molar-refractivity contribution in [1.82, 2.24) is 5.32 Å². The van der Waals surface area contributed by atoms with Gasteiger partial charge in [-0.3, -0.25) is 14.1 Å². The van der Waals surface area contributed by atoms with Crippen LogP contribution in [0.1, 0.15) is 12.8 Å². The molecule has 0 aliphatic carbocycles. The molecule has 6 nitrogen and oxygen atoms in total. The minimum Gasteiger partial charge on any atom is -0.344 e. The van der Waals surface area contributed by atoms with Crippen molar-refractivity contribution in [3.63, 3.8) is 0 Å². The Bertz CT molecular complexity index is 328. The van der Waals surface area contributed by atoms with E-state index in [2.05, 4.69) is 5.32 Å². The van der Waals surface area contributed by atoms with E-state index in [0.29, 0.717) is 18.6 Å². The molecule has 0 aromatic carbocycles. The predicted molar refractivity (Wildman–Crippen MR) is 81.7 cm³/mol. The van der Waals surface area contributed by atoms with Gasteiger partial charge in [0.25, 0.3) is 5.12 Å². The fourth-order valence-electron chi connectivity index (χ4n) is 1.26. The molecule has 1 amide bonds. The summed E-state index contributed by atoms with van der Waals surface area (Å²) >= 11 is 0.476. The van der Waals surface area contributed by atoms with Crippen molar-refractivity contribution in [2.24, 2.45) is 5.73 Å². The number of carbonyl (C=O) groups is 2. The quantitative estimate of drug-likeness (QED) is 0.513. The molecule has 19 heavy (non-hydrogen) atoms. The molecule has 9 heteroatoms. The summed E-state index contributed by atoms with van der Waals surface area (Å²) in [6.45, 7) is 0. The van der Waals surface area contributed by atoms with Crippen LogP contribution in [0.2, 0.25) is 0 Å². The second-order valence-corrected chi connectivity index (χ2v) is 6.67. The first-order valence-electron chi connectivity index (χ1n) is 5.62. The number of nitrogens with two attached hydrogens (primary N) is 1. The van der Waals surface area contributed by atoms with Crippen LogP contribution in [0.5, 0.6) is 0 Å². The van der Waals surface area contributed by atoms with Crippen molar-refractivity contribution < 1.29 is 18.4 Å². The number of nitrogens with one attached hydrogen (secondary N) is 1. The lowest BCUT2D eigenvalue weighted by Crippen LogP contribution is -2.49. The minimum atomic E-state index is -2.59. The van der Waals surface area contributed by atoms with Crippen molar-refractivity contribution in [2.75, 3.05) is 24.0 Å². The lowest BCUT2D eigenvalue weighted by molar-refractivity contribution is -0.126. The van der Waals surface area contributed by atoms with Crippen LogP contribution in [-0.2, 0) is 20.7 Å². The van der Waals surface area contributed by atoms with Gasteiger partial charge in [-0.2, -0.15) is 23.5 Å². The molecule has 0 fully saturated rings. The van der Waals surface area contributed by atoms with Crippen LogP contribution in [0.15, 0.2) is 0 Å². The third-order valence-corrected chi connectivity index (χ3v) is 4.27. The van der Waals surface area contributed by atoms with Gasteiger partial charge in [0.2, 0.25) is 17.0 Å². The van der Waals surface area contributed by atoms with Gasteiger partial charge in [0, 0.05) is 0 Å². The Morgan fingerprint density at radius 1 is 1.26 bits per heavy atom. The summed E-state index contributed by atoms with van der Waals surface area (Å²) in [7, 11) is 0. The van der Waals surface area contributed by atoms with Crippen molar-refractivity contribution >= 4 is 45.6 Å². The first-order chi connectivity index (χ1) is 8.93. The largest absolute Gasteiger partial charge is 0.344 e. The second kappa shape index (κ2) is 10.7. The Hall–Kier alpha value is -0.0900. The van der Waals surface area contributed by atoms with E-state index in [-0.39, 0.29) is 0 Å². The fourth-order valence-corrected chi connectivity index (χ4v) is 2.64. The lowest BCUT2D eigenvalue weighted by Gasteiger charge is -2.18. The van der Waals surface area contributed by atoms with Gasteiger partial charge in [-0.25, -0.2) is 4.21 Å². The average Bonchev–Trinajstić information content (AvgIpc) is 2.39.